The van der Waals surface area contributed by atoms with Crippen LogP contribution in [0.3, 0.4) is 0 Å². The molecule has 1 aromatic rings. The molecule has 2 unspecified atom stereocenters. The molecule has 0 radical (unpaired) electrons. The quantitative estimate of drug-likeness (QED) is 0.757. The topological polar surface area (TPSA) is 66.8 Å². The van der Waals surface area contributed by atoms with Crippen molar-refractivity contribution < 1.29 is 19.7 Å². The monoisotopic (exact) mass is 224 g/mol. The van der Waals surface area contributed by atoms with E-state index in [1.165, 1.54) is 0 Å². The first-order valence-electron chi connectivity index (χ1n) is 5.19. The summed E-state index contributed by atoms with van der Waals surface area (Å²) in [5, 5.41) is 19.3. The minimum atomic E-state index is -1.34. The standard InChI is InChI=1S/C12H16O4/c1-3-16-12(15)11(14)10-7-5-4-6-9(10)8(2)13/h4-8,11,13-14H,3H2,1-2H3. The van der Waals surface area contributed by atoms with Crippen molar-refractivity contribution in [3.05, 3.63) is 35.4 Å². The van der Waals surface area contributed by atoms with E-state index in [0.717, 1.165) is 0 Å². The summed E-state index contributed by atoms with van der Waals surface area (Å²) in [7, 11) is 0. The first-order valence-corrected chi connectivity index (χ1v) is 5.19. The van der Waals surface area contributed by atoms with Gasteiger partial charge in [0.2, 0.25) is 0 Å². The summed E-state index contributed by atoms with van der Waals surface area (Å²) in [4.78, 5) is 11.4. The second-order valence-electron chi connectivity index (χ2n) is 3.46. The van der Waals surface area contributed by atoms with E-state index in [1.807, 2.05) is 0 Å². The maximum atomic E-state index is 11.4. The van der Waals surface area contributed by atoms with Crippen LogP contribution in [0, 0.1) is 0 Å². The summed E-state index contributed by atoms with van der Waals surface area (Å²) in [6.45, 7) is 3.47. The summed E-state index contributed by atoms with van der Waals surface area (Å²) in [6, 6.07) is 6.71. The molecule has 0 aliphatic heterocycles. The van der Waals surface area contributed by atoms with Gasteiger partial charge < -0.3 is 14.9 Å². The van der Waals surface area contributed by atoms with Gasteiger partial charge in [0.1, 0.15) is 0 Å². The molecule has 0 amide bonds. The summed E-state index contributed by atoms with van der Waals surface area (Å²) >= 11 is 0. The van der Waals surface area contributed by atoms with E-state index in [0.29, 0.717) is 11.1 Å². The summed E-state index contributed by atoms with van der Waals surface area (Å²) in [5.41, 5.74) is 0.916. The van der Waals surface area contributed by atoms with Crippen LogP contribution in [-0.4, -0.2) is 22.8 Å². The minimum Gasteiger partial charge on any atom is -0.464 e. The van der Waals surface area contributed by atoms with Crippen LogP contribution in [0.5, 0.6) is 0 Å². The Morgan fingerprint density at radius 1 is 1.31 bits per heavy atom. The average molecular weight is 224 g/mol. The third-order valence-electron chi connectivity index (χ3n) is 2.25. The molecule has 88 valence electrons. The number of benzene rings is 1. The number of rotatable bonds is 4. The Hall–Kier alpha value is -1.39. The highest BCUT2D eigenvalue weighted by atomic mass is 16.5. The fraction of sp³-hybridized carbons (Fsp3) is 0.417. The highest BCUT2D eigenvalue weighted by Gasteiger charge is 2.22. The van der Waals surface area contributed by atoms with Crippen molar-refractivity contribution in [1.29, 1.82) is 0 Å². The molecule has 1 rings (SSSR count). The molecular weight excluding hydrogens is 208 g/mol. The lowest BCUT2D eigenvalue weighted by atomic mass is 9.99. The molecule has 2 atom stereocenters. The second kappa shape index (κ2) is 5.63. The van der Waals surface area contributed by atoms with Crippen molar-refractivity contribution in [2.75, 3.05) is 6.61 Å². The van der Waals surface area contributed by atoms with Crippen molar-refractivity contribution in [1.82, 2.24) is 0 Å². The number of esters is 1. The van der Waals surface area contributed by atoms with Gasteiger partial charge in [0.15, 0.2) is 6.10 Å². The molecule has 4 heteroatoms. The van der Waals surface area contributed by atoms with Gasteiger partial charge in [-0.1, -0.05) is 24.3 Å². The van der Waals surface area contributed by atoms with E-state index in [9.17, 15) is 15.0 Å². The highest BCUT2D eigenvalue weighted by Crippen LogP contribution is 2.24. The SMILES string of the molecule is CCOC(=O)C(O)c1ccccc1C(C)O. The molecule has 0 fully saturated rings. The third-order valence-corrected chi connectivity index (χ3v) is 2.25. The molecule has 0 aliphatic rings. The van der Waals surface area contributed by atoms with Crippen LogP contribution >= 0.6 is 0 Å². The van der Waals surface area contributed by atoms with Crippen LogP contribution in [0.25, 0.3) is 0 Å². The van der Waals surface area contributed by atoms with Crippen molar-refractivity contribution in [2.24, 2.45) is 0 Å². The van der Waals surface area contributed by atoms with Gasteiger partial charge in [0.05, 0.1) is 12.7 Å². The molecule has 0 heterocycles. The van der Waals surface area contributed by atoms with E-state index in [4.69, 9.17) is 4.74 Å². The maximum absolute atomic E-state index is 11.4. The smallest absolute Gasteiger partial charge is 0.339 e. The van der Waals surface area contributed by atoms with Gasteiger partial charge in [0.25, 0.3) is 0 Å². The predicted molar refractivity (Wildman–Crippen MR) is 58.7 cm³/mol. The second-order valence-corrected chi connectivity index (χ2v) is 3.46. The van der Waals surface area contributed by atoms with Gasteiger partial charge >= 0.3 is 5.97 Å². The molecule has 1 aromatic carbocycles. The molecule has 0 aromatic heterocycles. The van der Waals surface area contributed by atoms with Crippen molar-refractivity contribution in [2.45, 2.75) is 26.1 Å². The highest BCUT2D eigenvalue weighted by molar-refractivity contribution is 5.76. The number of ether oxygens (including phenoxy) is 1. The molecule has 0 spiro atoms. The molecule has 0 bridgehead atoms. The first-order chi connectivity index (χ1) is 7.57. The number of carbonyl (C=O) groups is 1. The van der Waals surface area contributed by atoms with E-state index in [2.05, 4.69) is 0 Å². The largest absolute Gasteiger partial charge is 0.464 e. The lowest BCUT2D eigenvalue weighted by Crippen LogP contribution is -2.17. The Morgan fingerprint density at radius 2 is 1.88 bits per heavy atom. The first kappa shape index (κ1) is 12.7. The Bertz CT molecular complexity index is 360. The van der Waals surface area contributed by atoms with E-state index >= 15 is 0 Å². The van der Waals surface area contributed by atoms with Crippen molar-refractivity contribution >= 4 is 5.97 Å². The summed E-state index contributed by atoms with van der Waals surface area (Å²) in [6.07, 6.45) is -2.08. The lowest BCUT2D eigenvalue weighted by molar-refractivity contribution is -0.153. The van der Waals surface area contributed by atoms with Gasteiger partial charge in [0, 0.05) is 0 Å². The van der Waals surface area contributed by atoms with E-state index in [-0.39, 0.29) is 6.61 Å². The molecule has 4 nitrogen and oxygen atoms in total. The van der Waals surface area contributed by atoms with Gasteiger partial charge in [-0.15, -0.1) is 0 Å². The Kier molecular flexibility index (Phi) is 4.46. The number of aliphatic hydroxyl groups is 2. The number of hydrogen-bond acceptors (Lipinski definition) is 4. The summed E-state index contributed by atoms with van der Waals surface area (Å²) in [5.74, 6) is -0.699. The van der Waals surface area contributed by atoms with Crippen LogP contribution < -0.4 is 0 Å². The number of hydrogen-bond donors (Lipinski definition) is 2. The van der Waals surface area contributed by atoms with Crippen molar-refractivity contribution in [3.8, 4) is 0 Å². The lowest BCUT2D eigenvalue weighted by Gasteiger charge is -2.15. The summed E-state index contributed by atoms with van der Waals surface area (Å²) < 4.78 is 4.72. The molecule has 16 heavy (non-hydrogen) atoms. The number of aliphatic hydroxyl groups excluding tert-OH is 2. The fourth-order valence-electron chi connectivity index (χ4n) is 1.49. The zero-order chi connectivity index (χ0) is 12.1. The van der Waals surface area contributed by atoms with Gasteiger partial charge in [-0.05, 0) is 25.0 Å². The van der Waals surface area contributed by atoms with E-state index in [1.54, 1.807) is 38.1 Å². The zero-order valence-electron chi connectivity index (χ0n) is 9.38. The third kappa shape index (κ3) is 2.81. The van der Waals surface area contributed by atoms with Crippen LogP contribution in [0.1, 0.15) is 37.2 Å². The van der Waals surface area contributed by atoms with Crippen LogP contribution in [0.15, 0.2) is 24.3 Å². The minimum absolute atomic E-state index is 0.215. The van der Waals surface area contributed by atoms with Gasteiger partial charge in [-0.25, -0.2) is 4.79 Å². The molecular formula is C12H16O4. The van der Waals surface area contributed by atoms with E-state index < -0.39 is 18.2 Å². The molecule has 0 saturated heterocycles. The normalized spacial score (nSPS) is 14.2. The Labute approximate surface area is 94.5 Å². The van der Waals surface area contributed by atoms with Gasteiger partial charge in [-0.3, -0.25) is 0 Å². The fourth-order valence-corrected chi connectivity index (χ4v) is 1.49. The van der Waals surface area contributed by atoms with Crippen LogP contribution in [-0.2, 0) is 9.53 Å². The Balaban J connectivity index is 2.98. The van der Waals surface area contributed by atoms with Crippen LogP contribution in [0.2, 0.25) is 0 Å². The predicted octanol–water partition coefficient (Wildman–Crippen LogP) is 1.34. The molecule has 2 N–H and O–H groups in total. The number of carbonyl (C=O) groups excluding carboxylic acids is 1. The molecule has 0 aliphatic carbocycles. The maximum Gasteiger partial charge on any atom is 0.339 e. The Morgan fingerprint density at radius 3 is 2.38 bits per heavy atom. The molecule has 0 saturated carbocycles. The van der Waals surface area contributed by atoms with Crippen molar-refractivity contribution in [3.63, 3.8) is 0 Å². The average Bonchev–Trinajstić information content (AvgIpc) is 2.28. The van der Waals surface area contributed by atoms with Crippen LogP contribution in [0.4, 0.5) is 0 Å². The zero-order valence-corrected chi connectivity index (χ0v) is 9.38. The van der Waals surface area contributed by atoms with Gasteiger partial charge in [-0.2, -0.15) is 0 Å².